The van der Waals surface area contributed by atoms with E-state index in [4.69, 9.17) is 0 Å². The topological polar surface area (TPSA) is 57.2 Å². The van der Waals surface area contributed by atoms with E-state index in [1.165, 1.54) is 0 Å². The maximum absolute atomic E-state index is 12.6. The summed E-state index contributed by atoms with van der Waals surface area (Å²) in [6.45, 7) is 1.58. The smallest absolute Gasteiger partial charge is 0.550 e. The Morgan fingerprint density at radius 1 is 0.955 bits per heavy atom. The van der Waals surface area contributed by atoms with Crippen LogP contribution in [0.3, 0.4) is 0 Å². The molecule has 0 amide bonds. The first-order chi connectivity index (χ1) is 10.1. The number of hydrogen-bond acceptors (Lipinski definition) is 3. The number of carboxylic acid groups (broad SMARTS) is 1. The summed E-state index contributed by atoms with van der Waals surface area (Å²) in [7, 11) is 0. The summed E-state index contributed by atoms with van der Waals surface area (Å²) in [5.41, 5.74) is 0.593. The monoisotopic (exact) mass is 300 g/mol. The van der Waals surface area contributed by atoms with Crippen molar-refractivity contribution in [3.63, 3.8) is 0 Å². The number of rotatable bonds is 2. The van der Waals surface area contributed by atoms with Crippen molar-refractivity contribution in [2.24, 2.45) is 0 Å². The maximum Gasteiger partial charge on any atom is 1.00 e. The van der Waals surface area contributed by atoms with E-state index in [1.54, 1.807) is 31.2 Å². The average molecular weight is 300 g/mol. The van der Waals surface area contributed by atoms with Crippen molar-refractivity contribution in [2.45, 2.75) is 12.8 Å². The Kier molecular flexibility index (Phi) is 5.01. The SMILES string of the molecule is CC(C(=O)[O-])c1ccc2c(=O)c3ccccc3ccc2c1.[Na+]. The van der Waals surface area contributed by atoms with Crippen LogP contribution in [0.15, 0.2) is 59.4 Å². The molecule has 4 heteroatoms. The fraction of sp³-hybridized carbons (Fsp3) is 0.111. The van der Waals surface area contributed by atoms with E-state index in [1.807, 2.05) is 30.3 Å². The molecule has 0 radical (unpaired) electrons. The predicted octanol–water partition coefficient (Wildman–Crippen LogP) is -0.789. The first kappa shape index (κ1) is 16.7. The van der Waals surface area contributed by atoms with E-state index < -0.39 is 11.9 Å². The van der Waals surface area contributed by atoms with Crippen LogP contribution >= 0.6 is 0 Å². The fourth-order valence-electron chi connectivity index (χ4n) is 2.51. The zero-order valence-electron chi connectivity index (χ0n) is 12.5. The van der Waals surface area contributed by atoms with Gasteiger partial charge in [-0.15, -0.1) is 0 Å². The van der Waals surface area contributed by atoms with Crippen molar-refractivity contribution in [1.29, 1.82) is 0 Å². The second-order valence-corrected chi connectivity index (χ2v) is 5.14. The van der Waals surface area contributed by atoms with E-state index in [0.717, 1.165) is 10.8 Å². The largest absolute Gasteiger partial charge is 1.00 e. The number of carbonyl (C=O) groups is 1. The molecule has 0 N–H and O–H groups in total. The average Bonchev–Trinajstić information content (AvgIpc) is 2.64. The van der Waals surface area contributed by atoms with Gasteiger partial charge in [0, 0.05) is 22.7 Å². The molecule has 3 aromatic rings. The van der Waals surface area contributed by atoms with Crippen LogP contribution < -0.4 is 40.1 Å². The predicted molar refractivity (Wildman–Crippen MR) is 81.1 cm³/mol. The van der Waals surface area contributed by atoms with Crippen molar-refractivity contribution in [1.82, 2.24) is 0 Å². The molecule has 1 atom stereocenters. The van der Waals surface area contributed by atoms with E-state index in [-0.39, 0.29) is 35.0 Å². The first-order valence-corrected chi connectivity index (χ1v) is 6.74. The van der Waals surface area contributed by atoms with Gasteiger partial charge in [0.1, 0.15) is 0 Å². The Labute approximate surface area is 149 Å². The van der Waals surface area contributed by atoms with Gasteiger partial charge in [-0.2, -0.15) is 0 Å². The Hall–Kier alpha value is -1.68. The molecule has 0 saturated carbocycles. The van der Waals surface area contributed by atoms with E-state index in [9.17, 15) is 14.7 Å². The van der Waals surface area contributed by atoms with Crippen LogP contribution in [-0.4, -0.2) is 5.97 Å². The third-order valence-corrected chi connectivity index (χ3v) is 3.82. The molecule has 0 heterocycles. The van der Waals surface area contributed by atoms with Crippen LogP contribution in [0.4, 0.5) is 0 Å². The zero-order chi connectivity index (χ0) is 15.0. The fourth-order valence-corrected chi connectivity index (χ4v) is 2.51. The van der Waals surface area contributed by atoms with E-state index in [2.05, 4.69) is 0 Å². The molecule has 0 aliphatic rings. The number of hydrogen-bond donors (Lipinski definition) is 0. The summed E-state index contributed by atoms with van der Waals surface area (Å²) in [6.07, 6.45) is 0. The first-order valence-electron chi connectivity index (χ1n) is 6.74. The van der Waals surface area contributed by atoms with Gasteiger partial charge < -0.3 is 9.90 Å². The molecule has 104 valence electrons. The second kappa shape index (κ2) is 6.61. The number of carboxylic acids is 1. The quantitative estimate of drug-likeness (QED) is 0.583. The molecule has 0 aliphatic heterocycles. The molecule has 22 heavy (non-hydrogen) atoms. The minimum Gasteiger partial charge on any atom is -0.550 e. The summed E-state index contributed by atoms with van der Waals surface area (Å²) in [5.74, 6) is -1.83. The molecular formula is C18H13NaO3. The molecule has 0 spiro atoms. The van der Waals surface area contributed by atoms with Gasteiger partial charge >= 0.3 is 29.6 Å². The van der Waals surface area contributed by atoms with Gasteiger partial charge in [0.05, 0.1) is 0 Å². The van der Waals surface area contributed by atoms with Crippen molar-refractivity contribution in [2.75, 3.05) is 0 Å². The third-order valence-electron chi connectivity index (χ3n) is 3.82. The van der Waals surface area contributed by atoms with Crippen LogP contribution in [0, 0.1) is 0 Å². The van der Waals surface area contributed by atoms with Gasteiger partial charge in [-0.25, -0.2) is 0 Å². The summed E-state index contributed by atoms with van der Waals surface area (Å²) < 4.78 is 0. The molecule has 0 bridgehead atoms. The minimum atomic E-state index is -1.12. The molecular weight excluding hydrogens is 287 g/mol. The molecule has 3 rings (SSSR count). The van der Waals surface area contributed by atoms with Crippen LogP contribution in [0.1, 0.15) is 18.4 Å². The van der Waals surface area contributed by atoms with Crippen LogP contribution in [-0.2, 0) is 4.79 Å². The van der Waals surface area contributed by atoms with Gasteiger partial charge in [0.2, 0.25) is 0 Å². The summed E-state index contributed by atoms with van der Waals surface area (Å²) in [4.78, 5) is 23.6. The van der Waals surface area contributed by atoms with Crippen molar-refractivity contribution < 1.29 is 39.5 Å². The summed E-state index contributed by atoms with van der Waals surface area (Å²) in [6, 6.07) is 16.3. The van der Waals surface area contributed by atoms with Crippen molar-refractivity contribution in [3.8, 4) is 0 Å². The third kappa shape index (κ3) is 2.93. The Morgan fingerprint density at radius 2 is 1.59 bits per heavy atom. The number of fused-ring (bicyclic) bond motifs is 2. The number of carbonyl (C=O) groups excluding carboxylic acids is 1. The number of aliphatic carboxylic acids is 1. The Bertz CT molecular complexity index is 919. The Morgan fingerprint density at radius 3 is 2.32 bits per heavy atom. The standard InChI is InChI=1S/C18H14O3.Na/c1-11(18(20)21)13-8-9-16-14(10-13)7-6-12-4-2-3-5-15(12)17(16)19;/h2-11H,1H3,(H,20,21);/q;+1/p-1. The van der Waals surface area contributed by atoms with Gasteiger partial charge in [0.25, 0.3) is 0 Å². The van der Waals surface area contributed by atoms with Gasteiger partial charge in [-0.1, -0.05) is 61.5 Å². The minimum absolute atomic E-state index is 0. The summed E-state index contributed by atoms with van der Waals surface area (Å²) in [5, 5.41) is 13.8. The van der Waals surface area contributed by atoms with Crippen molar-refractivity contribution >= 4 is 27.5 Å². The van der Waals surface area contributed by atoms with Crippen LogP contribution in [0.5, 0.6) is 0 Å². The molecule has 0 fully saturated rings. The van der Waals surface area contributed by atoms with Gasteiger partial charge in [0.15, 0.2) is 5.43 Å². The Balaban J connectivity index is 0.00000176. The van der Waals surface area contributed by atoms with Gasteiger partial charge in [-0.05, 0) is 16.3 Å². The number of benzene rings is 2. The molecule has 3 nitrogen and oxygen atoms in total. The normalized spacial score (nSPS) is 11.9. The summed E-state index contributed by atoms with van der Waals surface area (Å²) >= 11 is 0. The van der Waals surface area contributed by atoms with Gasteiger partial charge in [-0.3, -0.25) is 4.79 Å². The molecule has 0 aromatic heterocycles. The van der Waals surface area contributed by atoms with Crippen molar-refractivity contribution in [3.05, 3.63) is 70.4 Å². The van der Waals surface area contributed by atoms with Crippen LogP contribution in [0.2, 0.25) is 0 Å². The van der Waals surface area contributed by atoms with E-state index >= 15 is 0 Å². The molecule has 0 saturated heterocycles. The zero-order valence-corrected chi connectivity index (χ0v) is 14.5. The molecule has 0 aliphatic carbocycles. The molecule has 3 aromatic carbocycles. The van der Waals surface area contributed by atoms with Crippen LogP contribution in [0.25, 0.3) is 21.5 Å². The second-order valence-electron chi connectivity index (χ2n) is 5.14. The maximum atomic E-state index is 12.6. The van der Waals surface area contributed by atoms with E-state index in [0.29, 0.717) is 16.3 Å². The molecule has 1 unspecified atom stereocenters.